The van der Waals surface area contributed by atoms with Crippen molar-refractivity contribution in [3.8, 4) is 0 Å². The van der Waals surface area contributed by atoms with Crippen LogP contribution in [-0.2, 0) is 17.4 Å². The molecule has 1 atom stereocenters. The lowest BCUT2D eigenvalue weighted by Gasteiger charge is -2.32. The number of alkyl halides is 3. The second-order valence-electron chi connectivity index (χ2n) is 6.44. The summed E-state index contributed by atoms with van der Waals surface area (Å²) in [6.45, 7) is 5.27. The lowest BCUT2D eigenvalue weighted by molar-refractivity contribution is -0.138. The first-order chi connectivity index (χ1) is 11.4. The molecule has 0 aromatic heterocycles. The maximum absolute atomic E-state index is 12.8. The van der Waals surface area contributed by atoms with Crippen molar-refractivity contribution >= 4 is 18.3 Å². The number of likely N-dealkylation sites (tertiary alicyclic amines) is 1. The summed E-state index contributed by atoms with van der Waals surface area (Å²) in [7, 11) is 0. The summed E-state index contributed by atoms with van der Waals surface area (Å²) < 4.78 is 38.3. The lowest BCUT2D eigenvalue weighted by atomic mass is 10.1. The van der Waals surface area contributed by atoms with Crippen molar-refractivity contribution in [2.24, 2.45) is 0 Å². The van der Waals surface area contributed by atoms with Gasteiger partial charge in [-0.05, 0) is 18.1 Å². The molecule has 0 saturated carbocycles. The zero-order valence-electron chi connectivity index (χ0n) is 13.9. The van der Waals surface area contributed by atoms with Crippen molar-refractivity contribution in [2.75, 3.05) is 39.3 Å². The summed E-state index contributed by atoms with van der Waals surface area (Å²) in [4.78, 5) is 16.6. The molecule has 2 aliphatic heterocycles. The van der Waals surface area contributed by atoms with E-state index >= 15 is 0 Å². The molecular formula is C17H23ClF3N3O. The van der Waals surface area contributed by atoms with Crippen LogP contribution < -0.4 is 5.32 Å². The average Bonchev–Trinajstić information content (AvgIpc) is 3.05. The zero-order valence-corrected chi connectivity index (χ0v) is 14.7. The Morgan fingerprint density at radius 3 is 2.60 bits per heavy atom. The second-order valence-corrected chi connectivity index (χ2v) is 6.44. The van der Waals surface area contributed by atoms with Crippen LogP contribution in [0.5, 0.6) is 0 Å². The SMILES string of the molecule is Cl.O=C(Cc1cccc(C(F)(F)F)c1)N1CCC(N2CCNCC2)C1. The van der Waals surface area contributed by atoms with Crippen LogP contribution >= 0.6 is 12.4 Å². The Kier molecular flexibility index (Phi) is 6.71. The Balaban J connectivity index is 0.00000225. The highest BCUT2D eigenvalue weighted by atomic mass is 35.5. The highest BCUT2D eigenvalue weighted by molar-refractivity contribution is 5.85. The molecule has 3 rings (SSSR count). The van der Waals surface area contributed by atoms with Crippen LogP contribution in [0.15, 0.2) is 24.3 Å². The first kappa shape index (κ1) is 20.0. The van der Waals surface area contributed by atoms with E-state index in [9.17, 15) is 18.0 Å². The van der Waals surface area contributed by atoms with E-state index in [2.05, 4.69) is 10.2 Å². The summed E-state index contributed by atoms with van der Waals surface area (Å²) in [5, 5.41) is 3.31. The number of amides is 1. The average molecular weight is 378 g/mol. The molecule has 1 N–H and O–H groups in total. The highest BCUT2D eigenvalue weighted by Crippen LogP contribution is 2.29. The minimum Gasteiger partial charge on any atom is -0.341 e. The number of piperazine rings is 1. The Bertz CT molecular complexity index is 591. The number of nitrogens with zero attached hydrogens (tertiary/aromatic N) is 2. The van der Waals surface area contributed by atoms with Crippen LogP contribution in [-0.4, -0.2) is 61.0 Å². The van der Waals surface area contributed by atoms with Crippen molar-refractivity contribution in [2.45, 2.75) is 25.1 Å². The summed E-state index contributed by atoms with van der Waals surface area (Å²) in [5.41, 5.74) is -0.284. The number of rotatable bonds is 3. The van der Waals surface area contributed by atoms with Gasteiger partial charge in [0.1, 0.15) is 0 Å². The Hall–Kier alpha value is -1.31. The molecule has 0 aliphatic carbocycles. The Morgan fingerprint density at radius 2 is 1.92 bits per heavy atom. The fourth-order valence-electron chi connectivity index (χ4n) is 3.46. The van der Waals surface area contributed by atoms with E-state index < -0.39 is 11.7 Å². The molecule has 4 nitrogen and oxygen atoms in total. The first-order valence-corrected chi connectivity index (χ1v) is 8.32. The van der Waals surface area contributed by atoms with Gasteiger partial charge in [0.05, 0.1) is 12.0 Å². The van der Waals surface area contributed by atoms with Crippen LogP contribution in [0, 0.1) is 0 Å². The number of carbonyl (C=O) groups is 1. The van der Waals surface area contributed by atoms with Crippen molar-refractivity contribution in [1.82, 2.24) is 15.1 Å². The number of hydrogen-bond acceptors (Lipinski definition) is 3. The molecule has 1 unspecified atom stereocenters. The maximum atomic E-state index is 12.8. The predicted molar refractivity (Wildman–Crippen MR) is 91.8 cm³/mol. The van der Waals surface area contributed by atoms with Gasteiger partial charge in [-0.2, -0.15) is 13.2 Å². The van der Waals surface area contributed by atoms with Gasteiger partial charge in [0.25, 0.3) is 0 Å². The molecule has 1 aromatic carbocycles. The van der Waals surface area contributed by atoms with Gasteiger partial charge >= 0.3 is 6.18 Å². The van der Waals surface area contributed by atoms with Crippen LogP contribution in [0.2, 0.25) is 0 Å². The molecule has 2 heterocycles. The van der Waals surface area contributed by atoms with E-state index in [0.717, 1.165) is 44.7 Å². The monoisotopic (exact) mass is 377 g/mol. The molecule has 0 radical (unpaired) electrons. The van der Waals surface area contributed by atoms with Crippen LogP contribution in [0.3, 0.4) is 0 Å². The van der Waals surface area contributed by atoms with E-state index in [-0.39, 0.29) is 24.7 Å². The third-order valence-electron chi connectivity index (χ3n) is 4.79. The molecule has 2 fully saturated rings. The van der Waals surface area contributed by atoms with Gasteiger partial charge < -0.3 is 10.2 Å². The van der Waals surface area contributed by atoms with Crippen molar-refractivity contribution in [1.29, 1.82) is 0 Å². The van der Waals surface area contributed by atoms with Crippen molar-refractivity contribution in [3.63, 3.8) is 0 Å². The first-order valence-electron chi connectivity index (χ1n) is 8.32. The van der Waals surface area contributed by atoms with E-state index in [1.165, 1.54) is 6.07 Å². The van der Waals surface area contributed by atoms with Gasteiger partial charge in [-0.1, -0.05) is 18.2 Å². The molecule has 1 aromatic rings. The molecule has 0 spiro atoms. The highest BCUT2D eigenvalue weighted by Gasteiger charge is 2.32. The Labute approximate surface area is 151 Å². The smallest absolute Gasteiger partial charge is 0.341 e. The minimum absolute atomic E-state index is 0. The summed E-state index contributed by atoms with van der Waals surface area (Å²) in [6, 6.07) is 5.42. The largest absolute Gasteiger partial charge is 0.416 e. The van der Waals surface area contributed by atoms with E-state index in [1.54, 1.807) is 11.0 Å². The molecule has 25 heavy (non-hydrogen) atoms. The summed E-state index contributed by atoms with van der Waals surface area (Å²) >= 11 is 0. The molecular weight excluding hydrogens is 355 g/mol. The van der Waals surface area contributed by atoms with Crippen molar-refractivity contribution < 1.29 is 18.0 Å². The standard InChI is InChI=1S/C17H22F3N3O.ClH/c18-17(19,20)14-3-1-2-13(10-14)11-16(24)23-7-4-15(12-23)22-8-5-21-6-9-22;/h1-3,10,15,21H,4-9,11-12H2;1H. The number of benzene rings is 1. The topological polar surface area (TPSA) is 35.6 Å². The van der Waals surface area contributed by atoms with Crippen molar-refractivity contribution in [3.05, 3.63) is 35.4 Å². The van der Waals surface area contributed by atoms with Gasteiger partial charge in [0.15, 0.2) is 0 Å². The minimum atomic E-state index is -4.37. The van der Waals surface area contributed by atoms with Gasteiger partial charge in [0.2, 0.25) is 5.91 Å². The molecule has 1 amide bonds. The number of nitrogens with one attached hydrogen (secondary N) is 1. The van der Waals surface area contributed by atoms with Gasteiger partial charge in [-0.25, -0.2) is 0 Å². The fraction of sp³-hybridized carbons (Fsp3) is 0.588. The van der Waals surface area contributed by atoms with Crippen LogP contribution in [0.1, 0.15) is 17.5 Å². The normalized spacial score (nSPS) is 21.9. The number of carbonyl (C=O) groups excluding carboxylic acids is 1. The third kappa shape index (κ3) is 5.09. The van der Waals surface area contributed by atoms with Crippen LogP contribution in [0.4, 0.5) is 13.2 Å². The Morgan fingerprint density at radius 1 is 1.20 bits per heavy atom. The summed E-state index contributed by atoms with van der Waals surface area (Å²) in [5.74, 6) is -0.0908. The number of hydrogen-bond donors (Lipinski definition) is 1. The third-order valence-corrected chi connectivity index (χ3v) is 4.79. The molecule has 2 aliphatic rings. The van der Waals surface area contributed by atoms with Crippen LogP contribution in [0.25, 0.3) is 0 Å². The van der Waals surface area contributed by atoms with Gasteiger partial charge in [0, 0.05) is 45.3 Å². The predicted octanol–water partition coefficient (Wildman–Crippen LogP) is 2.18. The molecule has 2 saturated heterocycles. The number of halogens is 4. The second kappa shape index (κ2) is 8.38. The molecule has 140 valence electrons. The fourth-order valence-corrected chi connectivity index (χ4v) is 3.46. The maximum Gasteiger partial charge on any atom is 0.416 e. The lowest BCUT2D eigenvalue weighted by Crippen LogP contribution is -2.49. The summed E-state index contributed by atoms with van der Waals surface area (Å²) in [6.07, 6.45) is -3.41. The van der Waals surface area contributed by atoms with Gasteiger partial charge in [-0.3, -0.25) is 9.69 Å². The van der Waals surface area contributed by atoms with Gasteiger partial charge in [-0.15, -0.1) is 12.4 Å². The quantitative estimate of drug-likeness (QED) is 0.877. The van der Waals surface area contributed by atoms with E-state index in [4.69, 9.17) is 0 Å². The molecule has 0 bridgehead atoms. The van der Waals surface area contributed by atoms with E-state index in [1.807, 2.05) is 0 Å². The van der Waals surface area contributed by atoms with E-state index in [0.29, 0.717) is 24.7 Å². The zero-order chi connectivity index (χ0) is 17.2. The molecule has 8 heteroatoms.